The zero-order valence-electron chi connectivity index (χ0n) is 8.27. The highest BCUT2D eigenvalue weighted by Crippen LogP contribution is 2.23. The number of aryl methyl sites for hydroxylation is 1. The van der Waals surface area contributed by atoms with Crippen LogP contribution in [-0.4, -0.2) is 21.5 Å². The van der Waals surface area contributed by atoms with Crippen molar-refractivity contribution in [2.75, 3.05) is 0 Å². The van der Waals surface area contributed by atoms with E-state index < -0.39 is 0 Å². The summed E-state index contributed by atoms with van der Waals surface area (Å²) < 4.78 is 9.79. The van der Waals surface area contributed by atoms with Crippen LogP contribution in [0.1, 0.15) is 31.5 Å². The Bertz CT molecular complexity index is 294. The highest BCUT2D eigenvalue weighted by Gasteiger charge is 2.20. The fourth-order valence-corrected chi connectivity index (χ4v) is 2.28. The van der Waals surface area contributed by atoms with E-state index in [1.807, 2.05) is 6.92 Å². The van der Waals surface area contributed by atoms with Crippen molar-refractivity contribution in [3.05, 3.63) is 5.82 Å². The molecule has 1 fully saturated rings. The van der Waals surface area contributed by atoms with Gasteiger partial charge in [0.2, 0.25) is 0 Å². The quantitative estimate of drug-likeness (QED) is 0.808. The van der Waals surface area contributed by atoms with Crippen LogP contribution in [0.25, 0.3) is 0 Å². The first-order valence-electron chi connectivity index (χ1n) is 4.96. The fourth-order valence-electron chi connectivity index (χ4n) is 1.67. The van der Waals surface area contributed by atoms with Gasteiger partial charge in [-0.15, -0.1) is 0 Å². The largest absolute Gasteiger partial charge is 0.466 e. The number of nitrogens with two attached hydrogens (primary N) is 1. The van der Waals surface area contributed by atoms with E-state index in [1.54, 1.807) is 0 Å². The number of rotatable bonds is 2. The normalized spacial score (nSPS) is 27.6. The zero-order chi connectivity index (χ0) is 9.97. The summed E-state index contributed by atoms with van der Waals surface area (Å²) in [7, 11) is 0. The molecule has 0 unspecified atom stereocenters. The zero-order valence-corrected chi connectivity index (χ0v) is 9.09. The summed E-state index contributed by atoms with van der Waals surface area (Å²) in [5.41, 5.74) is 5.81. The standard InChI is InChI=1S/C9H15N3OS/c1-6-11-9(14-12-6)13-8-4-2-7(10)3-5-8/h7-8H,2-5,10H2,1H3. The average Bonchev–Trinajstić information content (AvgIpc) is 2.56. The van der Waals surface area contributed by atoms with Crippen molar-refractivity contribution in [3.8, 4) is 5.19 Å². The molecule has 1 aliphatic carbocycles. The summed E-state index contributed by atoms with van der Waals surface area (Å²) in [4.78, 5) is 4.18. The molecule has 2 N–H and O–H groups in total. The molecule has 0 bridgehead atoms. The molecule has 1 aromatic rings. The van der Waals surface area contributed by atoms with Gasteiger partial charge in [0.15, 0.2) is 0 Å². The minimum Gasteiger partial charge on any atom is -0.466 e. The molecule has 14 heavy (non-hydrogen) atoms. The van der Waals surface area contributed by atoms with Crippen LogP contribution in [0.2, 0.25) is 0 Å². The molecule has 1 aromatic heterocycles. The molecule has 4 nitrogen and oxygen atoms in total. The molecule has 1 heterocycles. The molecular weight excluding hydrogens is 198 g/mol. The van der Waals surface area contributed by atoms with E-state index in [0.29, 0.717) is 17.3 Å². The lowest BCUT2D eigenvalue weighted by Crippen LogP contribution is -2.31. The molecule has 2 rings (SSSR count). The number of ether oxygens (including phenoxy) is 1. The van der Waals surface area contributed by atoms with E-state index in [9.17, 15) is 0 Å². The third-order valence-corrected chi connectivity index (χ3v) is 3.19. The molecule has 0 aliphatic heterocycles. The molecule has 0 saturated heterocycles. The number of nitrogens with zero attached hydrogens (tertiary/aromatic N) is 2. The Morgan fingerprint density at radius 2 is 2.07 bits per heavy atom. The van der Waals surface area contributed by atoms with Gasteiger partial charge in [0, 0.05) is 17.6 Å². The van der Waals surface area contributed by atoms with Crippen molar-refractivity contribution in [1.29, 1.82) is 0 Å². The molecule has 0 aromatic carbocycles. The van der Waals surface area contributed by atoms with Gasteiger partial charge in [0.25, 0.3) is 5.19 Å². The van der Waals surface area contributed by atoms with Gasteiger partial charge in [-0.2, -0.15) is 9.36 Å². The predicted molar refractivity (Wildman–Crippen MR) is 55.5 cm³/mol. The maximum Gasteiger partial charge on any atom is 0.293 e. The van der Waals surface area contributed by atoms with Crippen LogP contribution in [0.4, 0.5) is 0 Å². The SMILES string of the molecule is Cc1nsc(OC2CCC(N)CC2)n1. The maximum atomic E-state index is 5.81. The van der Waals surface area contributed by atoms with Crippen LogP contribution >= 0.6 is 11.5 Å². The van der Waals surface area contributed by atoms with Gasteiger partial charge >= 0.3 is 0 Å². The van der Waals surface area contributed by atoms with Crippen molar-refractivity contribution >= 4 is 11.5 Å². The van der Waals surface area contributed by atoms with Crippen molar-refractivity contribution in [3.63, 3.8) is 0 Å². The van der Waals surface area contributed by atoms with Crippen LogP contribution in [-0.2, 0) is 0 Å². The molecule has 78 valence electrons. The lowest BCUT2D eigenvalue weighted by molar-refractivity contribution is 0.146. The molecule has 5 heteroatoms. The smallest absolute Gasteiger partial charge is 0.293 e. The first kappa shape index (κ1) is 9.86. The van der Waals surface area contributed by atoms with Crippen molar-refractivity contribution in [1.82, 2.24) is 9.36 Å². The van der Waals surface area contributed by atoms with Crippen molar-refractivity contribution in [2.45, 2.75) is 44.8 Å². The average molecular weight is 213 g/mol. The second-order valence-corrected chi connectivity index (χ2v) is 4.48. The van der Waals surface area contributed by atoms with Crippen LogP contribution in [0.5, 0.6) is 5.19 Å². The van der Waals surface area contributed by atoms with Gasteiger partial charge in [0.1, 0.15) is 11.9 Å². The molecule has 0 amide bonds. The van der Waals surface area contributed by atoms with E-state index in [2.05, 4.69) is 9.36 Å². The summed E-state index contributed by atoms with van der Waals surface area (Å²) >= 11 is 1.33. The fraction of sp³-hybridized carbons (Fsp3) is 0.778. The van der Waals surface area contributed by atoms with Gasteiger partial charge in [-0.25, -0.2) is 0 Å². The molecule has 1 aliphatic rings. The summed E-state index contributed by atoms with van der Waals surface area (Å²) in [5.74, 6) is 0.789. The molecular formula is C9H15N3OS. The lowest BCUT2D eigenvalue weighted by Gasteiger charge is -2.25. The van der Waals surface area contributed by atoms with Gasteiger partial charge in [-0.1, -0.05) is 0 Å². The van der Waals surface area contributed by atoms with E-state index >= 15 is 0 Å². The Labute approximate surface area is 87.7 Å². The highest BCUT2D eigenvalue weighted by atomic mass is 32.1. The molecule has 1 saturated carbocycles. The van der Waals surface area contributed by atoms with Crippen LogP contribution in [0.3, 0.4) is 0 Å². The topological polar surface area (TPSA) is 61.0 Å². The van der Waals surface area contributed by atoms with E-state index in [4.69, 9.17) is 10.5 Å². The third-order valence-electron chi connectivity index (χ3n) is 2.50. The third kappa shape index (κ3) is 2.42. The Morgan fingerprint density at radius 1 is 1.36 bits per heavy atom. The summed E-state index contributed by atoms with van der Waals surface area (Å²) in [6.45, 7) is 1.88. The summed E-state index contributed by atoms with van der Waals surface area (Å²) in [6, 6.07) is 0.367. The number of hydrogen-bond acceptors (Lipinski definition) is 5. The first-order chi connectivity index (χ1) is 6.74. The van der Waals surface area contributed by atoms with Gasteiger partial charge < -0.3 is 10.5 Å². The van der Waals surface area contributed by atoms with Crippen LogP contribution < -0.4 is 10.5 Å². The number of aromatic nitrogens is 2. The van der Waals surface area contributed by atoms with Crippen LogP contribution in [0, 0.1) is 6.92 Å². The maximum absolute atomic E-state index is 5.81. The Balaban J connectivity index is 1.86. The second-order valence-electron chi connectivity index (χ2n) is 3.76. The Kier molecular flexibility index (Phi) is 2.98. The number of hydrogen-bond donors (Lipinski definition) is 1. The van der Waals surface area contributed by atoms with E-state index in [0.717, 1.165) is 31.5 Å². The van der Waals surface area contributed by atoms with E-state index in [-0.39, 0.29) is 0 Å². The van der Waals surface area contributed by atoms with Crippen molar-refractivity contribution in [2.24, 2.45) is 5.73 Å². The monoisotopic (exact) mass is 213 g/mol. The molecule has 0 spiro atoms. The van der Waals surface area contributed by atoms with Gasteiger partial charge in [-0.05, 0) is 32.6 Å². The first-order valence-corrected chi connectivity index (χ1v) is 5.74. The van der Waals surface area contributed by atoms with Crippen LogP contribution in [0.15, 0.2) is 0 Å². The lowest BCUT2D eigenvalue weighted by atomic mass is 9.94. The Hall–Kier alpha value is -0.680. The summed E-state index contributed by atoms with van der Waals surface area (Å²) in [5, 5.41) is 0.697. The minimum absolute atomic E-state index is 0.294. The predicted octanol–water partition coefficient (Wildman–Crippen LogP) is 1.50. The second kappa shape index (κ2) is 4.23. The van der Waals surface area contributed by atoms with Gasteiger partial charge in [-0.3, -0.25) is 0 Å². The van der Waals surface area contributed by atoms with Gasteiger partial charge in [0.05, 0.1) is 0 Å². The van der Waals surface area contributed by atoms with E-state index in [1.165, 1.54) is 11.5 Å². The van der Waals surface area contributed by atoms with Crippen molar-refractivity contribution < 1.29 is 4.74 Å². The minimum atomic E-state index is 0.294. The summed E-state index contributed by atoms with van der Waals surface area (Å²) in [6.07, 6.45) is 4.49. The Morgan fingerprint density at radius 3 is 2.64 bits per heavy atom. The highest BCUT2D eigenvalue weighted by molar-refractivity contribution is 7.07. The molecule has 0 atom stereocenters. The molecule has 0 radical (unpaired) electrons.